The number of hydrogen-bond acceptors (Lipinski definition) is 6. The van der Waals surface area contributed by atoms with E-state index in [0.717, 1.165) is 9.75 Å². The lowest BCUT2D eigenvalue weighted by atomic mass is 9.57. The molecule has 0 bridgehead atoms. The molecule has 5 heterocycles. The fourth-order valence-corrected chi connectivity index (χ4v) is 8.06. The maximum Gasteiger partial charge on any atom is 0.250 e. The highest BCUT2D eigenvalue weighted by atomic mass is 32.1. The number of piperidine rings is 1. The van der Waals surface area contributed by atoms with E-state index in [-0.39, 0.29) is 17.6 Å². The molecule has 3 aliphatic rings. The van der Waals surface area contributed by atoms with E-state index in [1.54, 1.807) is 28.7 Å². The van der Waals surface area contributed by atoms with E-state index >= 15 is 0 Å². The molecule has 174 valence electrons. The van der Waals surface area contributed by atoms with E-state index in [4.69, 9.17) is 0 Å². The molecular weight excluding hydrogens is 469 g/mol. The van der Waals surface area contributed by atoms with E-state index in [1.807, 2.05) is 60.1 Å². The zero-order valence-electron chi connectivity index (χ0n) is 18.9. The molecule has 2 spiro atoms. The lowest BCUT2D eigenvalue weighted by molar-refractivity contribution is -0.146. The Morgan fingerprint density at radius 1 is 1.12 bits per heavy atom. The highest BCUT2D eigenvalue weighted by molar-refractivity contribution is 7.11. The van der Waals surface area contributed by atoms with Crippen molar-refractivity contribution in [2.24, 2.45) is 5.41 Å². The summed E-state index contributed by atoms with van der Waals surface area (Å²) in [6.45, 7) is 1.44. The Morgan fingerprint density at radius 3 is 2.65 bits per heavy atom. The van der Waals surface area contributed by atoms with Crippen molar-refractivity contribution in [2.45, 2.75) is 11.5 Å². The molecule has 2 saturated heterocycles. The van der Waals surface area contributed by atoms with Gasteiger partial charge in [-0.25, -0.2) is 4.39 Å². The fraction of sp³-hybridized carbons (Fsp3) is 0.308. The van der Waals surface area contributed by atoms with E-state index in [1.165, 1.54) is 12.1 Å². The molecule has 1 amide bonds. The second-order valence-corrected chi connectivity index (χ2v) is 11.4. The smallest absolute Gasteiger partial charge is 0.250 e. The molecule has 8 heteroatoms. The van der Waals surface area contributed by atoms with Crippen LogP contribution in [0.4, 0.5) is 10.1 Å². The van der Waals surface area contributed by atoms with Crippen LogP contribution in [0.25, 0.3) is 6.08 Å². The molecule has 3 aromatic rings. The van der Waals surface area contributed by atoms with Crippen LogP contribution in [0.15, 0.2) is 58.8 Å². The minimum Gasteiger partial charge on any atom is -0.324 e. The second kappa shape index (κ2) is 7.68. The third-order valence-corrected chi connectivity index (χ3v) is 9.43. The molecule has 2 aromatic heterocycles. The summed E-state index contributed by atoms with van der Waals surface area (Å²) < 4.78 is 14.6. The molecule has 1 aromatic carbocycles. The van der Waals surface area contributed by atoms with Crippen molar-refractivity contribution in [1.82, 2.24) is 9.80 Å². The first-order valence-corrected chi connectivity index (χ1v) is 13.0. The monoisotopic (exact) mass is 493 g/mol. The van der Waals surface area contributed by atoms with Gasteiger partial charge in [0, 0.05) is 52.1 Å². The maximum absolute atomic E-state index is 14.7. The van der Waals surface area contributed by atoms with Crippen molar-refractivity contribution in [3.63, 3.8) is 0 Å². The number of carbonyl (C=O) groups excluding carboxylic acids is 2. The summed E-state index contributed by atoms with van der Waals surface area (Å²) in [5, 5.41) is 6.99. The number of halogens is 1. The molecule has 3 atom stereocenters. The molecule has 6 rings (SSSR count). The number of ketones is 1. The lowest BCUT2D eigenvalue weighted by Gasteiger charge is -2.50. The quantitative estimate of drug-likeness (QED) is 0.538. The summed E-state index contributed by atoms with van der Waals surface area (Å²) in [5.41, 5.74) is -0.594. The number of anilines is 1. The van der Waals surface area contributed by atoms with E-state index in [2.05, 4.69) is 10.2 Å². The van der Waals surface area contributed by atoms with Gasteiger partial charge in [0.25, 0.3) is 5.91 Å². The van der Waals surface area contributed by atoms with Crippen LogP contribution in [0, 0.1) is 11.2 Å². The summed E-state index contributed by atoms with van der Waals surface area (Å²) in [6, 6.07) is 12.4. The first-order valence-electron chi connectivity index (χ1n) is 11.2. The summed E-state index contributed by atoms with van der Waals surface area (Å²) in [7, 11) is 3.88. The van der Waals surface area contributed by atoms with Gasteiger partial charge < -0.3 is 10.2 Å². The molecule has 5 nitrogen and oxygen atoms in total. The van der Waals surface area contributed by atoms with Crippen LogP contribution in [0.3, 0.4) is 0 Å². The zero-order chi connectivity index (χ0) is 23.7. The van der Waals surface area contributed by atoms with Crippen LogP contribution in [0.1, 0.15) is 21.2 Å². The summed E-state index contributed by atoms with van der Waals surface area (Å²) in [4.78, 5) is 34.9. The van der Waals surface area contributed by atoms with E-state index in [0.29, 0.717) is 36.5 Å². The number of nitrogens with one attached hydrogen (secondary N) is 1. The Balaban J connectivity index is 1.65. The standard InChI is InChI=1S/C26H24FN3O2S2/c1-29-13-16(11-18-5-3-9-33-18)23(31)25(15-29)20(22-6-4-10-34-22)14-30(2)26(25)19-12-17(27)7-8-21(19)28-24(26)32/h3-12,20H,13-15H2,1-2H3,(H,28,32)/b16-11+/t20-,25-,26-/m0/s1. The van der Waals surface area contributed by atoms with Gasteiger partial charge in [0.15, 0.2) is 5.78 Å². The average molecular weight is 494 g/mol. The minimum atomic E-state index is -1.31. The molecule has 0 aliphatic carbocycles. The van der Waals surface area contributed by atoms with Crippen molar-refractivity contribution in [2.75, 3.05) is 39.0 Å². The predicted octanol–water partition coefficient (Wildman–Crippen LogP) is 4.41. The van der Waals surface area contributed by atoms with Crippen molar-refractivity contribution in [3.05, 3.63) is 79.9 Å². The molecule has 0 radical (unpaired) electrons. The third kappa shape index (κ3) is 2.77. The number of likely N-dealkylation sites (N-methyl/N-ethyl adjacent to an activating group) is 2. The zero-order valence-corrected chi connectivity index (χ0v) is 20.5. The first-order chi connectivity index (χ1) is 16.4. The highest BCUT2D eigenvalue weighted by Crippen LogP contribution is 2.64. The van der Waals surface area contributed by atoms with Crippen LogP contribution < -0.4 is 5.32 Å². The summed E-state index contributed by atoms with van der Waals surface area (Å²) in [6.07, 6.45) is 1.96. The Bertz CT molecular complexity index is 1320. The first kappa shape index (κ1) is 21.9. The van der Waals surface area contributed by atoms with Crippen molar-refractivity contribution < 1.29 is 14.0 Å². The van der Waals surface area contributed by atoms with Gasteiger partial charge in [0.2, 0.25) is 0 Å². The number of carbonyl (C=O) groups is 2. The molecule has 0 unspecified atom stereocenters. The molecule has 0 saturated carbocycles. The minimum absolute atomic E-state index is 0.0194. The number of likely N-dealkylation sites (tertiary alicyclic amines) is 2. The Hall–Kier alpha value is -2.65. The highest BCUT2D eigenvalue weighted by Gasteiger charge is 2.74. The van der Waals surface area contributed by atoms with Gasteiger partial charge in [-0.2, -0.15) is 0 Å². The number of benzene rings is 1. The average Bonchev–Trinajstić information content (AvgIpc) is 3.58. The normalized spacial score (nSPS) is 30.6. The van der Waals surface area contributed by atoms with Gasteiger partial charge in [-0.1, -0.05) is 12.1 Å². The van der Waals surface area contributed by atoms with Gasteiger partial charge in [0.05, 0.1) is 5.41 Å². The van der Waals surface area contributed by atoms with E-state index in [9.17, 15) is 14.0 Å². The van der Waals surface area contributed by atoms with Crippen LogP contribution in [0.5, 0.6) is 0 Å². The molecular formula is C26H24FN3O2S2. The van der Waals surface area contributed by atoms with Crippen LogP contribution in [0.2, 0.25) is 0 Å². The molecule has 34 heavy (non-hydrogen) atoms. The van der Waals surface area contributed by atoms with Crippen LogP contribution in [-0.2, 0) is 15.1 Å². The largest absolute Gasteiger partial charge is 0.324 e. The maximum atomic E-state index is 14.7. The number of hydrogen-bond donors (Lipinski definition) is 1. The van der Waals surface area contributed by atoms with Gasteiger partial charge >= 0.3 is 0 Å². The van der Waals surface area contributed by atoms with E-state index < -0.39 is 16.8 Å². The third-order valence-electron chi connectivity index (χ3n) is 7.62. The van der Waals surface area contributed by atoms with Crippen molar-refractivity contribution in [3.8, 4) is 0 Å². The van der Waals surface area contributed by atoms with Gasteiger partial charge in [-0.05, 0) is 61.3 Å². The number of thiophene rings is 2. The Morgan fingerprint density at radius 2 is 1.91 bits per heavy atom. The molecule has 2 fully saturated rings. The summed E-state index contributed by atoms with van der Waals surface area (Å²) in [5.74, 6) is -0.897. The van der Waals surface area contributed by atoms with Crippen molar-refractivity contribution in [1.29, 1.82) is 0 Å². The second-order valence-electron chi connectivity index (χ2n) is 9.46. The number of rotatable bonds is 2. The fourth-order valence-electron chi connectivity index (χ4n) is 6.47. The molecule has 3 aliphatic heterocycles. The SMILES string of the molecule is CN1C/C(=C\c2cccs2)C(=O)[C@]2(C1)[C@H](c1cccs1)CN(C)[C@@]21C(=O)Nc2ccc(F)cc21. The topological polar surface area (TPSA) is 52.7 Å². The predicted molar refractivity (Wildman–Crippen MR) is 134 cm³/mol. The number of amides is 1. The number of fused-ring (bicyclic) bond motifs is 3. The van der Waals surface area contributed by atoms with Crippen LogP contribution in [-0.4, -0.2) is 55.2 Å². The summed E-state index contributed by atoms with van der Waals surface area (Å²) >= 11 is 3.19. The van der Waals surface area contributed by atoms with Gasteiger partial charge in [0.1, 0.15) is 11.4 Å². The van der Waals surface area contributed by atoms with Crippen molar-refractivity contribution >= 4 is 46.1 Å². The lowest BCUT2D eigenvalue weighted by Crippen LogP contribution is -2.65. The van der Waals surface area contributed by atoms with Gasteiger partial charge in [-0.3, -0.25) is 14.5 Å². The number of Topliss-reactive ketones (excluding diaryl/α,β-unsaturated/α-hetero) is 1. The van der Waals surface area contributed by atoms with Gasteiger partial charge in [-0.15, -0.1) is 22.7 Å². The molecule has 1 N–H and O–H groups in total. The number of nitrogens with zero attached hydrogens (tertiary/aromatic N) is 2. The Labute approximate surface area is 205 Å². The van der Waals surface area contributed by atoms with Crippen LogP contribution >= 0.6 is 22.7 Å². The Kier molecular flexibility index (Phi) is 4.94.